The molecule has 3 nitrogen and oxygen atoms in total. The molecule has 1 unspecified atom stereocenters. The summed E-state index contributed by atoms with van der Waals surface area (Å²) >= 11 is 1.78. The first-order valence-electron chi connectivity index (χ1n) is 6.69. The van der Waals surface area contributed by atoms with Crippen molar-refractivity contribution in [3.05, 3.63) is 23.7 Å². The van der Waals surface area contributed by atoms with Crippen LogP contribution in [-0.2, 0) is 0 Å². The van der Waals surface area contributed by atoms with E-state index in [9.17, 15) is 0 Å². The first-order chi connectivity index (χ1) is 8.90. The van der Waals surface area contributed by atoms with Gasteiger partial charge < -0.3 is 10.6 Å². The number of aromatic nitrogens is 1. The molecule has 2 N–H and O–H groups in total. The van der Waals surface area contributed by atoms with E-state index in [2.05, 4.69) is 27.4 Å². The molecule has 0 amide bonds. The second kappa shape index (κ2) is 5.24. The second-order valence-corrected chi connectivity index (χ2v) is 5.85. The second-order valence-electron chi connectivity index (χ2n) is 4.90. The number of anilines is 1. The molecule has 0 aliphatic carbocycles. The molecule has 3 heterocycles. The molecule has 1 aliphatic heterocycles. The Labute approximate surface area is 112 Å². The highest BCUT2D eigenvalue weighted by Crippen LogP contribution is 2.31. The van der Waals surface area contributed by atoms with Crippen LogP contribution in [0.3, 0.4) is 0 Å². The molecule has 0 spiro atoms. The maximum absolute atomic E-state index is 5.95. The van der Waals surface area contributed by atoms with Crippen LogP contribution in [0, 0.1) is 0 Å². The minimum atomic E-state index is 0.450. The van der Waals surface area contributed by atoms with Crippen molar-refractivity contribution in [2.24, 2.45) is 5.73 Å². The number of fused-ring (bicyclic) bond motifs is 1. The van der Waals surface area contributed by atoms with Crippen molar-refractivity contribution in [2.75, 3.05) is 18.0 Å². The summed E-state index contributed by atoms with van der Waals surface area (Å²) in [4.78, 5) is 7.05. The average Bonchev–Trinajstić information content (AvgIpc) is 2.76. The van der Waals surface area contributed by atoms with Gasteiger partial charge in [0, 0.05) is 35.4 Å². The molecular formula is C14H19N3S. The van der Waals surface area contributed by atoms with Gasteiger partial charge in [0.1, 0.15) is 5.82 Å². The zero-order valence-electron chi connectivity index (χ0n) is 10.5. The number of hydrogen-bond donors (Lipinski definition) is 1. The summed E-state index contributed by atoms with van der Waals surface area (Å²) in [5.74, 6) is 1.13. The number of nitrogens with zero attached hydrogens (tertiary/aromatic N) is 2. The van der Waals surface area contributed by atoms with Crippen molar-refractivity contribution >= 4 is 27.2 Å². The molecule has 2 aromatic rings. The first kappa shape index (κ1) is 11.9. The van der Waals surface area contributed by atoms with Crippen LogP contribution in [-0.4, -0.2) is 24.1 Å². The van der Waals surface area contributed by atoms with Crippen molar-refractivity contribution < 1.29 is 0 Å². The lowest BCUT2D eigenvalue weighted by molar-refractivity contribution is 0.577. The van der Waals surface area contributed by atoms with E-state index < -0.39 is 0 Å². The Morgan fingerprint density at radius 1 is 1.33 bits per heavy atom. The summed E-state index contributed by atoms with van der Waals surface area (Å²) in [6.07, 6.45) is 6.97. The van der Waals surface area contributed by atoms with Crippen molar-refractivity contribution in [3.8, 4) is 0 Å². The normalized spacial score (nSPS) is 21.2. The maximum Gasteiger partial charge on any atom is 0.137 e. The van der Waals surface area contributed by atoms with Gasteiger partial charge in [0.15, 0.2) is 0 Å². The van der Waals surface area contributed by atoms with Crippen molar-refractivity contribution in [1.29, 1.82) is 0 Å². The van der Waals surface area contributed by atoms with E-state index in [0.29, 0.717) is 6.04 Å². The monoisotopic (exact) mass is 261 g/mol. The quantitative estimate of drug-likeness (QED) is 0.903. The molecule has 1 fully saturated rings. The van der Waals surface area contributed by atoms with Crippen LogP contribution >= 0.6 is 11.3 Å². The van der Waals surface area contributed by atoms with Gasteiger partial charge in [0.05, 0.1) is 0 Å². The van der Waals surface area contributed by atoms with Gasteiger partial charge in [-0.05, 0) is 30.4 Å². The molecule has 3 rings (SSSR count). The summed E-state index contributed by atoms with van der Waals surface area (Å²) in [7, 11) is 0. The summed E-state index contributed by atoms with van der Waals surface area (Å²) in [6.45, 7) is 1.81. The molecule has 96 valence electrons. The third kappa shape index (κ3) is 2.10. The molecule has 18 heavy (non-hydrogen) atoms. The zero-order valence-corrected chi connectivity index (χ0v) is 11.3. The predicted octanol–water partition coefficient (Wildman–Crippen LogP) is 3.00. The van der Waals surface area contributed by atoms with Crippen LogP contribution in [0.25, 0.3) is 10.1 Å². The average molecular weight is 261 g/mol. The van der Waals surface area contributed by atoms with E-state index in [1.165, 1.54) is 35.8 Å². The van der Waals surface area contributed by atoms with Crippen LogP contribution in [0.15, 0.2) is 23.7 Å². The lowest BCUT2D eigenvalue weighted by Gasteiger charge is -2.30. The summed E-state index contributed by atoms with van der Waals surface area (Å²) in [5.41, 5.74) is 5.95. The lowest BCUT2D eigenvalue weighted by atomic mass is 10.1. The fraction of sp³-hybridized carbons (Fsp3) is 0.500. The number of rotatable bonds is 2. The molecule has 1 atom stereocenters. The summed E-state index contributed by atoms with van der Waals surface area (Å²) in [6, 6.07) is 4.73. The number of pyridine rings is 1. The minimum absolute atomic E-state index is 0.450. The third-order valence-electron chi connectivity index (χ3n) is 3.78. The van der Waals surface area contributed by atoms with E-state index >= 15 is 0 Å². The molecule has 0 bridgehead atoms. The zero-order chi connectivity index (χ0) is 12.4. The Bertz CT molecular complexity index is 522. The summed E-state index contributed by atoms with van der Waals surface area (Å²) < 4.78 is 1.32. The predicted molar refractivity (Wildman–Crippen MR) is 78.3 cm³/mol. The van der Waals surface area contributed by atoms with Gasteiger partial charge in [-0.3, -0.25) is 0 Å². The van der Waals surface area contributed by atoms with Crippen LogP contribution in [0.5, 0.6) is 0 Å². The molecule has 1 saturated heterocycles. The van der Waals surface area contributed by atoms with Gasteiger partial charge in [-0.25, -0.2) is 4.98 Å². The SMILES string of the molecule is NCC1CCCCCN1c1nccc2sccc12. The van der Waals surface area contributed by atoms with Crippen LogP contribution < -0.4 is 10.6 Å². The Balaban J connectivity index is 2.02. The minimum Gasteiger partial charge on any atom is -0.352 e. The highest BCUT2D eigenvalue weighted by molar-refractivity contribution is 7.17. The number of hydrogen-bond acceptors (Lipinski definition) is 4. The molecule has 0 aromatic carbocycles. The van der Waals surface area contributed by atoms with Crippen LogP contribution in [0.1, 0.15) is 25.7 Å². The topological polar surface area (TPSA) is 42.1 Å². The first-order valence-corrected chi connectivity index (χ1v) is 7.57. The standard InChI is InChI=1S/C14H19N3S/c15-10-11-4-2-1-3-8-17(11)14-12-6-9-18-13(12)5-7-16-14/h5-7,9,11H,1-4,8,10,15H2. The van der Waals surface area contributed by atoms with E-state index in [1.54, 1.807) is 11.3 Å². The molecule has 4 heteroatoms. The maximum atomic E-state index is 5.95. The van der Waals surface area contributed by atoms with Gasteiger partial charge in [-0.1, -0.05) is 12.8 Å². The van der Waals surface area contributed by atoms with Gasteiger partial charge >= 0.3 is 0 Å². The lowest BCUT2D eigenvalue weighted by Crippen LogP contribution is -2.40. The highest BCUT2D eigenvalue weighted by atomic mass is 32.1. The third-order valence-corrected chi connectivity index (χ3v) is 4.66. The fourth-order valence-electron chi connectivity index (χ4n) is 2.81. The number of nitrogens with two attached hydrogens (primary N) is 1. The molecule has 0 saturated carbocycles. The van der Waals surface area contributed by atoms with E-state index in [4.69, 9.17) is 5.73 Å². The van der Waals surface area contributed by atoms with E-state index in [0.717, 1.165) is 18.9 Å². The van der Waals surface area contributed by atoms with E-state index in [-0.39, 0.29) is 0 Å². The Morgan fingerprint density at radius 2 is 2.28 bits per heavy atom. The van der Waals surface area contributed by atoms with Crippen LogP contribution in [0.2, 0.25) is 0 Å². The smallest absolute Gasteiger partial charge is 0.137 e. The Morgan fingerprint density at radius 3 is 3.17 bits per heavy atom. The van der Waals surface area contributed by atoms with Gasteiger partial charge in [-0.15, -0.1) is 11.3 Å². The van der Waals surface area contributed by atoms with Crippen molar-refractivity contribution in [3.63, 3.8) is 0 Å². The fourth-order valence-corrected chi connectivity index (χ4v) is 3.59. The molecule has 2 aromatic heterocycles. The molecule has 0 radical (unpaired) electrons. The largest absolute Gasteiger partial charge is 0.352 e. The van der Waals surface area contributed by atoms with Gasteiger partial charge in [0.2, 0.25) is 0 Å². The summed E-state index contributed by atoms with van der Waals surface area (Å²) in [5, 5.41) is 3.42. The van der Waals surface area contributed by atoms with E-state index in [1.807, 2.05) is 6.20 Å². The Kier molecular flexibility index (Phi) is 3.48. The Hall–Kier alpha value is -1.13. The number of thiophene rings is 1. The molecular weight excluding hydrogens is 242 g/mol. The van der Waals surface area contributed by atoms with Crippen LogP contribution in [0.4, 0.5) is 5.82 Å². The van der Waals surface area contributed by atoms with Gasteiger partial charge in [-0.2, -0.15) is 0 Å². The van der Waals surface area contributed by atoms with Crippen molar-refractivity contribution in [1.82, 2.24) is 4.98 Å². The highest BCUT2D eigenvalue weighted by Gasteiger charge is 2.22. The van der Waals surface area contributed by atoms with Crippen molar-refractivity contribution in [2.45, 2.75) is 31.7 Å². The molecule has 1 aliphatic rings. The van der Waals surface area contributed by atoms with Gasteiger partial charge in [0.25, 0.3) is 0 Å².